The van der Waals surface area contributed by atoms with Gasteiger partial charge in [0.25, 0.3) is 0 Å². The van der Waals surface area contributed by atoms with E-state index < -0.39 is 0 Å². The highest BCUT2D eigenvalue weighted by atomic mass is 79.9. The number of amides is 2. The highest BCUT2D eigenvalue weighted by molar-refractivity contribution is 9.10. The molecule has 0 saturated heterocycles. The van der Waals surface area contributed by atoms with Crippen LogP contribution in [0.1, 0.15) is 12.8 Å². The predicted octanol–water partition coefficient (Wildman–Crippen LogP) is 2.89. The first-order valence-corrected chi connectivity index (χ1v) is 10.4. The summed E-state index contributed by atoms with van der Waals surface area (Å²) in [6, 6.07) is 7.57. The topological polar surface area (TPSA) is 61.4 Å². The molecule has 2 amide bonds. The molecule has 1 aromatic carbocycles. The smallest absolute Gasteiger partial charge is 0.228 e. The van der Waals surface area contributed by atoms with Crippen molar-refractivity contribution in [1.82, 2.24) is 10.2 Å². The average molecular weight is 432 g/mol. The fourth-order valence-electron chi connectivity index (χ4n) is 4.99. The van der Waals surface area contributed by atoms with Gasteiger partial charge in [0.15, 0.2) is 0 Å². The summed E-state index contributed by atoms with van der Waals surface area (Å²) in [6.45, 7) is 1.40. The molecule has 6 heteroatoms. The highest BCUT2D eigenvalue weighted by Gasteiger charge is 2.69. The molecule has 144 valence electrons. The molecular weight excluding hydrogens is 406 g/mol. The monoisotopic (exact) mass is 431 g/mol. The van der Waals surface area contributed by atoms with Gasteiger partial charge in [-0.15, -0.1) is 0 Å². The molecule has 0 heterocycles. The molecule has 3 aliphatic carbocycles. The molecule has 0 aliphatic heterocycles. The van der Waals surface area contributed by atoms with Crippen LogP contribution in [0.3, 0.4) is 0 Å². The van der Waals surface area contributed by atoms with Gasteiger partial charge in [0, 0.05) is 23.2 Å². The molecule has 2 saturated carbocycles. The van der Waals surface area contributed by atoms with Crippen LogP contribution in [0.5, 0.6) is 0 Å². The van der Waals surface area contributed by atoms with Crippen molar-refractivity contribution in [3.63, 3.8) is 0 Å². The lowest BCUT2D eigenvalue weighted by molar-refractivity contribution is -0.132. The molecule has 0 unspecified atom stereocenters. The molecule has 0 aromatic heterocycles. The van der Waals surface area contributed by atoms with Crippen molar-refractivity contribution >= 4 is 33.4 Å². The van der Waals surface area contributed by atoms with Crippen molar-refractivity contribution in [2.75, 3.05) is 32.5 Å². The second kappa shape index (κ2) is 7.06. The molecule has 2 fully saturated rings. The number of hydrogen-bond acceptors (Lipinski definition) is 3. The summed E-state index contributed by atoms with van der Waals surface area (Å²) in [4.78, 5) is 28.2. The second-order valence-electron chi connectivity index (χ2n) is 8.31. The molecule has 1 spiro atoms. The number of likely N-dealkylation sites (N-methyl/N-ethyl adjacent to an activating group) is 1. The maximum absolute atomic E-state index is 13.2. The van der Waals surface area contributed by atoms with E-state index in [0.717, 1.165) is 29.5 Å². The summed E-state index contributed by atoms with van der Waals surface area (Å²) in [7, 11) is 3.97. The highest BCUT2D eigenvalue weighted by Crippen LogP contribution is 2.72. The lowest BCUT2D eigenvalue weighted by Gasteiger charge is -2.26. The van der Waals surface area contributed by atoms with Crippen LogP contribution in [-0.2, 0) is 9.59 Å². The minimum Gasteiger partial charge on any atom is -0.355 e. The van der Waals surface area contributed by atoms with Gasteiger partial charge in [0.2, 0.25) is 11.8 Å². The van der Waals surface area contributed by atoms with E-state index in [4.69, 9.17) is 0 Å². The number of allylic oxidation sites excluding steroid dienone is 2. The Morgan fingerprint density at radius 1 is 1.07 bits per heavy atom. The summed E-state index contributed by atoms with van der Waals surface area (Å²) in [6.07, 6.45) is 6.63. The van der Waals surface area contributed by atoms with Gasteiger partial charge in [0.1, 0.15) is 0 Å². The number of rotatable bonds is 6. The number of hydrogen-bond donors (Lipinski definition) is 2. The third-order valence-electron chi connectivity index (χ3n) is 6.42. The van der Waals surface area contributed by atoms with Crippen molar-refractivity contribution in [3.05, 3.63) is 40.9 Å². The van der Waals surface area contributed by atoms with E-state index in [0.29, 0.717) is 6.54 Å². The number of anilines is 1. The van der Waals surface area contributed by atoms with E-state index in [9.17, 15) is 9.59 Å². The summed E-state index contributed by atoms with van der Waals surface area (Å²) in [5.41, 5.74) is 0.928. The summed E-state index contributed by atoms with van der Waals surface area (Å²) in [5.74, 6) is -0.181. The summed E-state index contributed by atoms with van der Waals surface area (Å²) in [5, 5.41) is 6.10. The van der Waals surface area contributed by atoms with Crippen molar-refractivity contribution in [2.24, 2.45) is 29.1 Å². The number of nitrogens with one attached hydrogen (secondary N) is 2. The standard InChI is InChI=1S/C21H26BrN3O2/c1-25(2)12-11-23-19(26)17-15-7-8-16(21(15)9-10-21)18(17)20(27)24-14-5-3-13(22)4-6-14/h3-8,15-18H,9-12H2,1-2H3,(H,23,26)(H,24,27)/t15-,16-,17-,18-/m1/s1. The zero-order chi connectivity index (χ0) is 19.2. The Morgan fingerprint density at radius 3 is 2.22 bits per heavy atom. The number of nitrogens with zero attached hydrogens (tertiary/aromatic N) is 1. The van der Waals surface area contributed by atoms with Crippen LogP contribution in [0.2, 0.25) is 0 Å². The quantitative estimate of drug-likeness (QED) is 0.680. The third-order valence-corrected chi connectivity index (χ3v) is 6.95. The first kappa shape index (κ1) is 18.7. The van der Waals surface area contributed by atoms with Gasteiger partial charge in [-0.2, -0.15) is 0 Å². The van der Waals surface area contributed by atoms with Crippen LogP contribution in [0.4, 0.5) is 5.69 Å². The molecule has 2 bridgehead atoms. The summed E-state index contributed by atoms with van der Waals surface area (Å²) >= 11 is 3.41. The van der Waals surface area contributed by atoms with Crippen LogP contribution in [0.25, 0.3) is 0 Å². The Morgan fingerprint density at radius 2 is 1.67 bits per heavy atom. The maximum Gasteiger partial charge on any atom is 0.228 e. The minimum absolute atomic E-state index is 0.0240. The molecule has 3 aliphatic rings. The molecule has 0 radical (unpaired) electrons. The first-order chi connectivity index (χ1) is 12.9. The molecule has 4 rings (SSSR count). The van der Waals surface area contributed by atoms with E-state index >= 15 is 0 Å². The van der Waals surface area contributed by atoms with Crippen molar-refractivity contribution in [1.29, 1.82) is 0 Å². The van der Waals surface area contributed by atoms with Gasteiger partial charge in [-0.1, -0.05) is 28.1 Å². The largest absolute Gasteiger partial charge is 0.355 e. The van der Waals surface area contributed by atoms with Gasteiger partial charge >= 0.3 is 0 Å². The Kier molecular flexibility index (Phi) is 4.89. The third kappa shape index (κ3) is 3.34. The molecule has 1 aromatic rings. The van der Waals surface area contributed by atoms with E-state index in [1.807, 2.05) is 43.3 Å². The van der Waals surface area contributed by atoms with Crippen molar-refractivity contribution in [3.8, 4) is 0 Å². The van der Waals surface area contributed by atoms with Gasteiger partial charge in [-0.25, -0.2) is 0 Å². The zero-order valence-electron chi connectivity index (χ0n) is 15.7. The van der Waals surface area contributed by atoms with Gasteiger partial charge in [-0.05, 0) is 68.5 Å². The fraction of sp³-hybridized carbons (Fsp3) is 0.524. The SMILES string of the molecule is CN(C)CCNC(=O)[C@H]1[C@H](C(=O)Nc2ccc(Br)cc2)[C@H]2C=C[C@H]1C21CC1. The summed E-state index contributed by atoms with van der Waals surface area (Å²) < 4.78 is 0.971. The normalized spacial score (nSPS) is 29.3. The molecule has 2 N–H and O–H groups in total. The van der Waals surface area contributed by atoms with Crippen LogP contribution < -0.4 is 10.6 Å². The van der Waals surface area contributed by atoms with Crippen molar-refractivity contribution in [2.45, 2.75) is 12.8 Å². The first-order valence-electron chi connectivity index (χ1n) is 9.59. The number of halogens is 1. The Bertz CT molecular complexity index is 770. The second-order valence-corrected chi connectivity index (χ2v) is 9.23. The number of carbonyl (C=O) groups is 2. The fourth-order valence-corrected chi connectivity index (χ4v) is 5.25. The lowest BCUT2D eigenvalue weighted by atomic mass is 9.81. The maximum atomic E-state index is 13.2. The lowest BCUT2D eigenvalue weighted by Crippen LogP contribution is -2.43. The molecular formula is C21H26BrN3O2. The van der Waals surface area contributed by atoms with Crippen LogP contribution in [0, 0.1) is 29.1 Å². The average Bonchev–Trinajstić information content (AvgIpc) is 3.29. The minimum atomic E-state index is -0.287. The Labute approximate surface area is 168 Å². The van der Waals surface area contributed by atoms with Gasteiger partial charge in [-0.3, -0.25) is 9.59 Å². The number of benzene rings is 1. The van der Waals surface area contributed by atoms with Crippen LogP contribution in [0.15, 0.2) is 40.9 Å². The van der Waals surface area contributed by atoms with Gasteiger partial charge < -0.3 is 15.5 Å². The van der Waals surface area contributed by atoms with Gasteiger partial charge in [0.05, 0.1) is 11.8 Å². The zero-order valence-corrected chi connectivity index (χ0v) is 17.3. The van der Waals surface area contributed by atoms with Crippen LogP contribution in [-0.4, -0.2) is 43.9 Å². The van der Waals surface area contributed by atoms with Crippen molar-refractivity contribution < 1.29 is 9.59 Å². The van der Waals surface area contributed by atoms with E-state index in [1.54, 1.807) is 0 Å². The van der Waals surface area contributed by atoms with E-state index in [-0.39, 0.29) is 40.9 Å². The number of carbonyl (C=O) groups excluding carboxylic acids is 2. The molecule has 5 nitrogen and oxygen atoms in total. The predicted molar refractivity (Wildman–Crippen MR) is 109 cm³/mol. The Balaban J connectivity index is 1.51. The van der Waals surface area contributed by atoms with Crippen LogP contribution >= 0.6 is 15.9 Å². The molecule has 27 heavy (non-hydrogen) atoms. The molecule has 4 atom stereocenters. The Hall–Kier alpha value is -1.66. The van der Waals surface area contributed by atoms with E-state index in [1.165, 1.54) is 0 Å². The van der Waals surface area contributed by atoms with E-state index in [2.05, 4.69) is 38.7 Å².